The van der Waals surface area contributed by atoms with E-state index in [9.17, 15) is 8.42 Å². The second-order valence-corrected chi connectivity index (χ2v) is 9.40. The van der Waals surface area contributed by atoms with Gasteiger partial charge in [0.15, 0.2) is 15.8 Å². The highest BCUT2D eigenvalue weighted by Gasteiger charge is 2.29. The van der Waals surface area contributed by atoms with E-state index in [1.807, 2.05) is 36.4 Å². The number of nitrogens with one attached hydrogen (secondary N) is 2. The van der Waals surface area contributed by atoms with Crippen LogP contribution in [0.25, 0.3) is 0 Å². The number of benzene rings is 1. The van der Waals surface area contributed by atoms with Gasteiger partial charge < -0.3 is 19.8 Å². The number of furan rings is 1. The van der Waals surface area contributed by atoms with Crippen molar-refractivity contribution in [1.82, 2.24) is 10.6 Å². The normalized spacial score (nSPS) is 23.6. The highest BCUT2D eigenvalue weighted by Crippen LogP contribution is 2.31. The lowest BCUT2D eigenvalue weighted by Crippen LogP contribution is -2.46. The van der Waals surface area contributed by atoms with Crippen molar-refractivity contribution in [2.45, 2.75) is 31.3 Å². The van der Waals surface area contributed by atoms with Crippen molar-refractivity contribution in [1.29, 1.82) is 0 Å². The zero-order valence-electron chi connectivity index (χ0n) is 15.6. The lowest BCUT2D eigenvalue weighted by molar-refractivity contribution is 0.261. The predicted molar refractivity (Wildman–Crippen MR) is 107 cm³/mol. The van der Waals surface area contributed by atoms with E-state index in [1.165, 1.54) is 0 Å². The predicted octanol–water partition coefficient (Wildman–Crippen LogP) is 2.07. The summed E-state index contributed by atoms with van der Waals surface area (Å²) in [7, 11) is -2.96. The molecule has 28 heavy (non-hydrogen) atoms. The number of ether oxygens (including phenoxy) is 1. The molecule has 1 saturated heterocycles. The van der Waals surface area contributed by atoms with Crippen molar-refractivity contribution >= 4 is 15.8 Å². The first-order chi connectivity index (χ1) is 13.6. The molecule has 0 radical (unpaired) electrons. The molecule has 0 bridgehead atoms. The summed E-state index contributed by atoms with van der Waals surface area (Å²) in [5.74, 6) is 2.77. The smallest absolute Gasteiger partial charge is 0.192 e. The number of guanidine groups is 1. The van der Waals surface area contributed by atoms with Gasteiger partial charge in [0.25, 0.3) is 0 Å². The Bertz CT molecular complexity index is 925. The summed E-state index contributed by atoms with van der Waals surface area (Å²) in [4.78, 5) is 4.68. The third-order valence-electron chi connectivity index (χ3n) is 5.05. The van der Waals surface area contributed by atoms with Crippen LogP contribution < -0.4 is 15.4 Å². The number of fused-ring (bicyclic) bond motifs is 1. The fraction of sp³-hybridized carbons (Fsp3) is 0.450. The van der Waals surface area contributed by atoms with Crippen molar-refractivity contribution in [2.75, 3.05) is 24.7 Å². The van der Waals surface area contributed by atoms with Crippen LogP contribution in [0.5, 0.6) is 5.75 Å². The first kappa shape index (κ1) is 18.9. The fourth-order valence-electron chi connectivity index (χ4n) is 3.62. The van der Waals surface area contributed by atoms with Crippen LogP contribution in [0.15, 0.2) is 52.1 Å². The van der Waals surface area contributed by atoms with Gasteiger partial charge in [-0.2, -0.15) is 0 Å². The Balaban J connectivity index is 1.47. The van der Waals surface area contributed by atoms with Gasteiger partial charge in [0, 0.05) is 31.0 Å². The minimum Gasteiger partial charge on any atom is -0.493 e. The number of rotatable bonds is 5. The number of nitrogens with zero attached hydrogens (tertiary/aromatic N) is 1. The molecule has 0 spiro atoms. The van der Waals surface area contributed by atoms with Gasteiger partial charge in [0.05, 0.1) is 30.4 Å². The van der Waals surface area contributed by atoms with Crippen molar-refractivity contribution in [3.05, 3.63) is 54.0 Å². The number of para-hydroxylation sites is 1. The molecule has 0 saturated carbocycles. The van der Waals surface area contributed by atoms with E-state index in [-0.39, 0.29) is 23.6 Å². The van der Waals surface area contributed by atoms with Crippen LogP contribution in [0.1, 0.15) is 30.2 Å². The minimum atomic E-state index is -2.96. The molecule has 1 fully saturated rings. The third kappa shape index (κ3) is 4.67. The molecule has 2 aliphatic rings. The van der Waals surface area contributed by atoms with Crippen LogP contribution in [-0.2, 0) is 16.3 Å². The lowest BCUT2D eigenvalue weighted by Gasteiger charge is -2.29. The monoisotopic (exact) mass is 403 g/mol. The van der Waals surface area contributed by atoms with E-state index < -0.39 is 9.84 Å². The summed E-state index contributed by atoms with van der Waals surface area (Å²) in [5.41, 5.74) is 1.09. The maximum atomic E-state index is 11.8. The molecule has 1 aromatic carbocycles. The first-order valence-corrected chi connectivity index (χ1v) is 11.4. The van der Waals surface area contributed by atoms with Crippen molar-refractivity contribution in [3.8, 4) is 5.75 Å². The van der Waals surface area contributed by atoms with Gasteiger partial charge in [-0.05, 0) is 24.6 Å². The van der Waals surface area contributed by atoms with Crippen molar-refractivity contribution in [2.24, 2.45) is 4.99 Å². The fourth-order valence-corrected chi connectivity index (χ4v) is 5.30. The molecule has 2 unspecified atom stereocenters. The second kappa shape index (κ2) is 8.26. The van der Waals surface area contributed by atoms with E-state index in [4.69, 9.17) is 9.15 Å². The molecule has 2 aromatic rings. The maximum Gasteiger partial charge on any atom is 0.192 e. The van der Waals surface area contributed by atoms with E-state index >= 15 is 0 Å². The van der Waals surface area contributed by atoms with Crippen LogP contribution in [0, 0.1) is 0 Å². The van der Waals surface area contributed by atoms with E-state index in [1.54, 1.807) is 6.26 Å². The molecule has 2 atom stereocenters. The van der Waals surface area contributed by atoms with Gasteiger partial charge in [0.2, 0.25) is 0 Å². The Hall–Kier alpha value is -2.48. The molecule has 3 heterocycles. The van der Waals surface area contributed by atoms with Gasteiger partial charge in [-0.1, -0.05) is 18.2 Å². The van der Waals surface area contributed by atoms with Crippen LogP contribution in [0.3, 0.4) is 0 Å². The summed E-state index contributed by atoms with van der Waals surface area (Å²) in [5, 5.41) is 6.80. The van der Waals surface area contributed by atoms with Crippen LogP contribution in [0.2, 0.25) is 0 Å². The van der Waals surface area contributed by atoms with Gasteiger partial charge >= 0.3 is 0 Å². The highest BCUT2D eigenvalue weighted by atomic mass is 32.2. The molecule has 8 heteroatoms. The summed E-state index contributed by atoms with van der Waals surface area (Å²) in [6.07, 6.45) is 3.76. The molecule has 0 amide bonds. The largest absolute Gasteiger partial charge is 0.493 e. The molecule has 2 N–H and O–H groups in total. The SMILES string of the molecule is O=S1(=O)CCC(NC(=NCCc2ccco2)NC2CCOc3ccccc32)C1. The lowest BCUT2D eigenvalue weighted by atomic mass is 10.0. The van der Waals surface area contributed by atoms with Crippen molar-refractivity contribution < 1.29 is 17.6 Å². The average Bonchev–Trinajstić information content (AvgIpc) is 3.31. The molecular formula is C20H25N3O4S. The van der Waals surface area contributed by atoms with Crippen molar-refractivity contribution in [3.63, 3.8) is 0 Å². The van der Waals surface area contributed by atoms with Gasteiger partial charge in [-0.25, -0.2) is 8.42 Å². The van der Waals surface area contributed by atoms with E-state index in [2.05, 4.69) is 15.6 Å². The maximum absolute atomic E-state index is 11.8. The molecule has 2 aliphatic heterocycles. The summed E-state index contributed by atoms with van der Waals surface area (Å²) < 4.78 is 34.7. The Morgan fingerprint density at radius 3 is 2.82 bits per heavy atom. The van der Waals surface area contributed by atoms with Crippen LogP contribution >= 0.6 is 0 Å². The molecule has 7 nitrogen and oxygen atoms in total. The zero-order valence-corrected chi connectivity index (χ0v) is 16.5. The summed E-state index contributed by atoms with van der Waals surface area (Å²) >= 11 is 0. The summed E-state index contributed by atoms with van der Waals surface area (Å²) in [6, 6.07) is 11.7. The van der Waals surface area contributed by atoms with Gasteiger partial charge in [0.1, 0.15) is 11.5 Å². The minimum absolute atomic E-state index is 0.0674. The average molecular weight is 404 g/mol. The Labute approximate surface area is 165 Å². The Morgan fingerprint density at radius 2 is 2.04 bits per heavy atom. The zero-order chi connectivity index (χ0) is 19.4. The molecule has 0 aliphatic carbocycles. The highest BCUT2D eigenvalue weighted by molar-refractivity contribution is 7.91. The van der Waals surface area contributed by atoms with E-state index in [0.717, 1.165) is 23.5 Å². The van der Waals surface area contributed by atoms with Gasteiger partial charge in [-0.3, -0.25) is 4.99 Å². The molecule has 150 valence electrons. The van der Waals surface area contributed by atoms with E-state index in [0.29, 0.717) is 32.0 Å². The number of hydrogen-bond donors (Lipinski definition) is 2. The molecule has 1 aromatic heterocycles. The Morgan fingerprint density at radius 1 is 1.14 bits per heavy atom. The van der Waals surface area contributed by atoms with Crippen LogP contribution in [0.4, 0.5) is 0 Å². The molecule has 4 rings (SSSR count). The summed E-state index contributed by atoms with van der Waals surface area (Å²) in [6.45, 7) is 1.18. The second-order valence-electron chi connectivity index (χ2n) is 7.18. The van der Waals surface area contributed by atoms with Gasteiger partial charge in [-0.15, -0.1) is 0 Å². The topological polar surface area (TPSA) is 92.9 Å². The quantitative estimate of drug-likeness (QED) is 0.586. The van der Waals surface area contributed by atoms with Crippen LogP contribution in [-0.4, -0.2) is 45.1 Å². The number of aliphatic imine (C=N–C) groups is 1. The molecular weight excluding hydrogens is 378 g/mol. The number of sulfone groups is 1. The Kier molecular flexibility index (Phi) is 5.57. The standard InChI is InChI=1S/C20H25N3O4S/c24-28(25)13-9-15(14-28)22-20(21-10-7-16-4-3-11-26-16)23-18-8-12-27-19-6-2-1-5-17(18)19/h1-6,11,15,18H,7-10,12-14H2,(H2,21,22,23). The third-order valence-corrected chi connectivity index (χ3v) is 6.82. The first-order valence-electron chi connectivity index (χ1n) is 9.61. The number of hydrogen-bond acceptors (Lipinski definition) is 5.